The number of carbonyl (C=O) groups excluding carboxylic acids is 1. The zero-order chi connectivity index (χ0) is 9.68. The normalized spacial score (nSPS) is 10.4. The predicted octanol–water partition coefficient (Wildman–Crippen LogP) is 1.25. The van der Waals surface area contributed by atoms with Gasteiger partial charge in [0.15, 0.2) is 0 Å². The van der Waals surface area contributed by atoms with Crippen LogP contribution in [-0.4, -0.2) is 23.3 Å². The van der Waals surface area contributed by atoms with Crippen LogP contribution in [0, 0.1) is 0 Å². The van der Waals surface area contributed by atoms with Crippen molar-refractivity contribution in [1.29, 1.82) is 0 Å². The Morgan fingerprint density at radius 3 is 3.00 bits per heavy atom. The minimum atomic E-state index is 0.406. The summed E-state index contributed by atoms with van der Waals surface area (Å²) < 4.78 is 4.58. The molecule has 1 aromatic heterocycles. The average molecular weight is 182 g/mol. The molecule has 0 bridgehead atoms. The van der Waals surface area contributed by atoms with Gasteiger partial charge >= 0.3 is 0 Å². The highest BCUT2D eigenvalue weighted by molar-refractivity contribution is 5.36. The molecule has 1 heterocycles. The summed E-state index contributed by atoms with van der Waals surface area (Å²) in [5, 5.41) is 7.03. The third-order valence-corrected chi connectivity index (χ3v) is 1.80. The molecule has 0 atom stereocenters. The molecule has 0 aliphatic rings. The first-order valence-electron chi connectivity index (χ1n) is 4.33. The lowest BCUT2D eigenvalue weighted by molar-refractivity contribution is -0.128. The van der Waals surface area contributed by atoms with E-state index in [0.717, 1.165) is 11.4 Å². The van der Waals surface area contributed by atoms with Crippen LogP contribution in [0.5, 0.6) is 0 Å². The fraction of sp³-hybridized carbons (Fsp3) is 0.556. The van der Waals surface area contributed by atoms with Gasteiger partial charge in [-0.2, -0.15) is 5.10 Å². The second-order valence-electron chi connectivity index (χ2n) is 3.19. The standard InChI is InChI=1S/C9H14N2O2/c1-7(2)9-5-8(10-11-9)3-4-13-6-12/h5-7H,3-4H2,1-2H3,(H,10,11). The Bertz CT molecular complexity index is 268. The van der Waals surface area contributed by atoms with Crippen LogP contribution in [-0.2, 0) is 16.0 Å². The molecule has 72 valence electrons. The third-order valence-electron chi connectivity index (χ3n) is 1.80. The molecule has 1 aromatic rings. The summed E-state index contributed by atoms with van der Waals surface area (Å²) in [5.74, 6) is 0.428. The highest BCUT2D eigenvalue weighted by Crippen LogP contribution is 2.11. The van der Waals surface area contributed by atoms with Crippen molar-refractivity contribution in [3.63, 3.8) is 0 Å². The van der Waals surface area contributed by atoms with Gasteiger partial charge in [-0.15, -0.1) is 0 Å². The number of ether oxygens (including phenoxy) is 1. The molecule has 0 radical (unpaired) electrons. The van der Waals surface area contributed by atoms with Gasteiger partial charge < -0.3 is 4.74 Å². The van der Waals surface area contributed by atoms with Crippen molar-refractivity contribution in [3.8, 4) is 0 Å². The summed E-state index contributed by atoms with van der Waals surface area (Å²) in [6.45, 7) is 5.03. The Kier molecular flexibility index (Phi) is 3.49. The second kappa shape index (κ2) is 4.64. The largest absolute Gasteiger partial charge is 0.467 e. The molecule has 0 aliphatic heterocycles. The van der Waals surface area contributed by atoms with Crippen molar-refractivity contribution in [2.24, 2.45) is 0 Å². The van der Waals surface area contributed by atoms with E-state index in [1.807, 2.05) is 6.07 Å². The van der Waals surface area contributed by atoms with Gasteiger partial charge in [0.2, 0.25) is 0 Å². The van der Waals surface area contributed by atoms with E-state index in [1.54, 1.807) is 0 Å². The molecule has 4 nitrogen and oxygen atoms in total. The molecule has 0 aromatic carbocycles. The Balaban J connectivity index is 2.44. The number of hydrogen-bond donors (Lipinski definition) is 1. The van der Waals surface area contributed by atoms with Gasteiger partial charge in [-0.05, 0) is 12.0 Å². The molecule has 0 fully saturated rings. The van der Waals surface area contributed by atoms with E-state index < -0.39 is 0 Å². The first kappa shape index (κ1) is 9.77. The number of aromatic amines is 1. The number of hydrogen-bond acceptors (Lipinski definition) is 3. The fourth-order valence-electron chi connectivity index (χ4n) is 1.02. The Labute approximate surface area is 77.3 Å². The molecular weight excluding hydrogens is 168 g/mol. The summed E-state index contributed by atoms with van der Waals surface area (Å²) in [6.07, 6.45) is 0.693. The van der Waals surface area contributed by atoms with Crippen molar-refractivity contribution in [2.75, 3.05) is 6.61 Å². The van der Waals surface area contributed by atoms with Crippen LogP contribution >= 0.6 is 0 Å². The lowest BCUT2D eigenvalue weighted by atomic mass is 10.1. The van der Waals surface area contributed by atoms with E-state index in [0.29, 0.717) is 25.4 Å². The summed E-state index contributed by atoms with van der Waals surface area (Å²) in [7, 11) is 0. The topological polar surface area (TPSA) is 55.0 Å². The van der Waals surface area contributed by atoms with Crippen LogP contribution < -0.4 is 0 Å². The quantitative estimate of drug-likeness (QED) is 0.550. The third kappa shape index (κ3) is 2.89. The number of aromatic nitrogens is 2. The highest BCUT2D eigenvalue weighted by Gasteiger charge is 2.04. The van der Waals surface area contributed by atoms with E-state index >= 15 is 0 Å². The lowest BCUT2D eigenvalue weighted by Crippen LogP contribution is -1.96. The molecule has 1 N–H and O–H groups in total. The lowest BCUT2D eigenvalue weighted by Gasteiger charge is -1.95. The molecule has 13 heavy (non-hydrogen) atoms. The average Bonchev–Trinajstić information content (AvgIpc) is 2.53. The van der Waals surface area contributed by atoms with Gasteiger partial charge in [-0.3, -0.25) is 9.89 Å². The summed E-state index contributed by atoms with van der Waals surface area (Å²) in [4.78, 5) is 9.86. The van der Waals surface area contributed by atoms with Crippen molar-refractivity contribution in [3.05, 3.63) is 17.5 Å². The Hall–Kier alpha value is -1.32. The first-order chi connectivity index (χ1) is 6.24. The highest BCUT2D eigenvalue weighted by atomic mass is 16.5. The minimum absolute atomic E-state index is 0.406. The van der Waals surface area contributed by atoms with Crippen molar-refractivity contribution in [1.82, 2.24) is 10.2 Å². The van der Waals surface area contributed by atoms with Crippen molar-refractivity contribution in [2.45, 2.75) is 26.2 Å². The van der Waals surface area contributed by atoms with Gasteiger partial charge in [0.05, 0.1) is 12.3 Å². The fourth-order valence-corrected chi connectivity index (χ4v) is 1.02. The van der Waals surface area contributed by atoms with Crippen LogP contribution in [0.3, 0.4) is 0 Å². The number of carbonyl (C=O) groups is 1. The molecule has 0 saturated heterocycles. The molecule has 0 aliphatic carbocycles. The van der Waals surface area contributed by atoms with Crippen LogP contribution in [0.15, 0.2) is 6.07 Å². The first-order valence-corrected chi connectivity index (χ1v) is 4.33. The Morgan fingerprint density at radius 2 is 2.46 bits per heavy atom. The molecule has 0 amide bonds. The molecule has 0 saturated carbocycles. The summed E-state index contributed by atoms with van der Waals surface area (Å²) >= 11 is 0. The molecule has 4 heteroatoms. The van der Waals surface area contributed by atoms with Crippen molar-refractivity contribution < 1.29 is 9.53 Å². The molecular formula is C9H14N2O2. The number of rotatable bonds is 5. The van der Waals surface area contributed by atoms with E-state index in [1.165, 1.54) is 0 Å². The van der Waals surface area contributed by atoms with Gasteiger partial charge in [0.1, 0.15) is 0 Å². The smallest absolute Gasteiger partial charge is 0.293 e. The van der Waals surface area contributed by atoms with E-state index in [9.17, 15) is 4.79 Å². The number of nitrogens with one attached hydrogen (secondary N) is 1. The van der Waals surface area contributed by atoms with Gasteiger partial charge in [-0.25, -0.2) is 0 Å². The predicted molar refractivity (Wildman–Crippen MR) is 48.4 cm³/mol. The van der Waals surface area contributed by atoms with Crippen LogP contribution in [0.25, 0.3) is 0 Å². The van der Waals surface area contributed by atoms with Gasteiger partial charge in [0, 0.05) is 12.1 Å². The maximum Gasteiger partial charge on any atom is 0.293 e. The Morgan fingerprint density at radius 1 is 1.69 bits per heavy atom. The molecule has 1 rings (SSSR count). The maximum absolute atomic E-state index is 9.86. The second-order valence-corrected chi connectivity index (χ2v) is 3.19. The van der Waals surface area contributed by atoms with E-state index in [4.69, 9.17) is 0 Å². The zero-order valence-electron chi connectivity index (χ0n) is 7.91. The SMILES string of the molecule is CC(C)c1cc(CCOC=O)[nH]n1. The molecule has 0 spiro atoms. The maximum atomic E-state index is 9.86. The summed E-state index contributed by atoms with van der Waals surface area (Å²) in [5.41, 5.74) is 2.05. The minimum Gasteiger partial charge on any atom is -0.467 e. The molecule has 0 unspecified atom stereocenters. The summed E-state index contributed by atoms with van der Waals surface area (Å²) in [6, 6.07) is 2.00. The van der Waals surface area contributed by atoms with Crippen LogP contribution in [0.2, 0.25) is 0 Å². The number of nitrogens with zero attached hydrogens (tertiary/aromatic N) is 1. The van der Waals surface area contributed by atoms with E-state index in [2.05, 4.69) is 28.8 Å². The monoisotopic (exact) mass is 182 g/mol. The van der Waals surface area contributed by atoms with Gasteiger partial charge in [-0.1, -0.05) is 13.8 Å². The van der Waals surface area contributed by atoms with Gasteiger partial charge in [0.25, 0.3) is 6.47 Å². The van der Waals surface area contributed by atoms with E-state index in [-0.39, 0.29) is 0 Å². The van der Waals surface area contributed by atoms with Crippen LogP contribution in [0.4, 0.5) is 0 Å². The van der Waals surface area contributed by atoms with Crippen LogP contribution in [0.1, 0.15) is 31.2 Å². The van der Waals surface area contributed by atoms with Crippen molar-refractivity contribution >= 4 is 6.47 Å². The zero-order valence-corrected chi connectivity index (χ0v) is 7.91. The number of H-pyrrole nitrogens is 1.